The van der Waals surface area contributed by atoms with E-state index in [0.717, 1.165) is 12.8 Å². The molecule has 0 amide bonds. The van der Waals surface area contributed by atoms with Gasteiger partial charge in [-0.3, -0.25) is 10.1 Å². The molecule has 3 N–H and O–H groups in total. The third kappa shape index (κ3) is 4.06. The van der Waals surface area contributed by atoms with Gasteiger partial charge in [-0.25, -0.2) is 4.98 Å². The average Bonchev–Trinajstić information content (AvgIpc) is 2.87. The molecule has 104 valence electrons. The Morgan fingerprint density at radius 1 is 1.47 bits per heavy atom. The molecule has 0 aromatic carbocycles. The standard InChI is InChI=1S/C12H18N4O3/c13-11-7-9(16(17)18)8-12(15-11)14-5-6-19-10-3-1-2-4-10/h7-8,10H,1-6H2,(H3,13,14,15). The predicted molar refractivity (Wildman–Crippen MR) is 72.0 cm³/mol. The highest BCUT2D eigenvalue weighted by atomic mass is 16.6. The number of hydrogen-bond donors (Lipinski definition) is 2. The van der Waals surface area contributed by atoms with Crippen molar-refractivity contribution in [2.75, 3.05) is 24.2 Å². The fraction of sp³-hybridized carbons (Fsp3) is 0.583. The van der Waals surface area contributed by atoms with Crippen molar-refractivity contribution >= 4 is 17.3 Å². The van der Waals surface area contributed by atoms with Gasteiger partial charge in [0.05, 0.1) is 29.8 Å². The quantitative estimate of drug-likeness (QED) is 0.463. The lowest BCUT2D eigenvalue weighted by Gasteiger charge is -2.11. The summed E-state index contributed by atoms with van der Waals surface area (Å²) >= 11 is 0. The second-order valence-corrected chi connectivity index (χ2v) is 4.60. The Labute approximate surface area is 111 Å². The van der Waals surface area contributed by atoms with Gasteiger partial charge in [0.2, 0.25) is 0 Å². The first-order valence-electron chi connectivity index (χ1n) is 6.42. The third-order valence-electron chi connectivity index (χ3n) is 3.10. The highest BCUT2D eigenvalue weighted by molar-refractivity contribution is 5.52. The van der Waals surface area contributed by atoms with Gasteiger partial charge in [-0.15, -0.1) is 0 Å². The highest BCUT2D eigenvalue weighted by Crippen LogP contribution is 2.21. The molecule has 1 aliphatic carbocycles. The molecule has 2 rings (SSSR count). The predicted octanol–water partition coefficient (Wildman–Crippen LogP) is 1.94. The number of anilines is 2. The molecule has 0 saturated heterocycles. The lowest BCUT2D eigenvalue weighted by Crippen LogP contribution is -2.16. The zero-order valence-corrected chi connectivity index (χ0v) is 10.7. The van der Waals surface area contributed by atoms with Gasteiger partial charge in [0.15, 0.2) is 0 Å². The molecule has 19 heavy (non-hydrogen) atoms. The summed E-state index contributed by atoms with van der Waals surface area (Å²) < 4.78 is 5.68. The lowest BCUT2D eigenvalue weighted by atomic mass is 10.3. The smallest absolute Gasteiger partial charge is 0.276 e. The van der Waals surface area contributed by atoms with Crippen molar-refractivity contribution in [3.05, 3.63) is 22.2 Å². The van der Waals surface area contributed by atoms with E-state index in [2.05, 4.69) is 10.3 Å². The Balaban J connectivity index is 1.80. The minimum Gasteiger partial charge on any atom is -0.383 e. The lowest BCUT2D eigenvalue weighted by molar-refractivity contribution is -0.384. The summed E-state index contributed by atoms with van der Waals surface area (Å²) in [6, 6.07) is 2.60. The van der Waals surface area contributed by atoms with Crippen molar-refractivity contribution in [1.82, 2.24) is 4.98 Å². The summed E-state index contributed by atoms with van der Waals surface area (Å²) in [5, 5.41) is 13.7. The van der Waals surface area contributed by atoms with Crippen LogP contribution in [0.1, 0.15) is 25.7 Å². The molecular weight excluding hydrogens is 248 g/mol. The number of hydrogen-bond acceptors (Lipinski definition) is 6. The number of nitrogens with zero attached hydrogens (tertiary/aromatic N) is 2. The summed E-state index contributed by atoms with van der Waals surface area (Å²) in [5.41, 5.74) is 5.45. The van der Waals surface area contributed by atoms with Crippen LogP contribution in [-0.2, 0) is 4.74 Å². The van der Waals surface area contributed by atoms with Crippen molar-refractivity contribution in [1.29, 1.82) is 0 Å². The molecule has 1 heterocycles. The van der Waals surface area contributed by atoms with E-state index >= 15 is 0 Å². The van der Waals surface area contributed by atoms with Gasteiger partial charge in [-0.2, -0.15) is 0 Å². The monoisotopic (exact) mass is 266 g/mol. The largest absolute Gasteiger partial charge is 0.383 e. The number of aromatic nitrogens is 1. The Hall–Kier alpha value is -1.89. The minimum absolute atomic E-state index is 0.0632. The molecule has 1 saturated carbocycles. The average molecular weight is 266 g/mol. The number of ether oxygens (including phenoxy) is 1. The van der Waals surface area contributed by atoms with Crippen LogP contribution < -0.4 is 11.1 Å². The van der Waals surface area contributed by atoms with Crippen molar-refractivity contribution in [2.45, 2.75) is 31.8 Å². The van der Waals surface area contributed by atoms with E-state index in [1.165, 1.54) is 25.0 Å². The molecule has 0 spiro atoms. The SMILES string of the molecule is Nc1cc([N+](=O)[O-])cc(NCCOC2CCCC2)n1. The van der Waals surface area contributed by atoms with Crippen LogP contribution in [0.25, 0.3) is 0 Å². The van der Waals surface area contributed by atoms with Gasteiger partial charge in [0.25, 0.3) is 5.69 Å². The van der Waals surface area contributed by atoms with Crippen LogP contribution in [0.4, 0.5) is 17.3 Å². The minimum atomic E-state index is -0.488. The Morgan fingerprint density at radius 3 is 2.89 bits per heavy atom. The van der Waals surface area contributed by atoms with Gasteiger partial charge < -0.3 is 15.8 Å². The number of pyridine rings is 1. The molecular formula is C12H18N4O3. The van der Waals surface area contributed by atoms with E-state index in [1.807, 2.05) is 0 Å². The van der Waals surface area contributed by atoms with Gasteiger partial charge in [-0.05, 0) is 12.8 Å². The van der Waals surface area contributed by atoms with E-state index in [0.29, 0.717) is 25.1 Å². The van der Waals surface area contributed by atoms with Gasteiger partial charge in [-0.1, -0.05) is 12.8 Å². The van der Waals surface area contributed by atoms with Crippen molar-refractivity contribution in [3.63, 3.8) is 0 Å². The highest BCUT2D eigenvalue weighted by Gasteiger charge is 2.15. The number of nitrogen functional groups attached to an aromatic ring is 1. The molecule has 1 aliphatic rings. The molecule has 0 aliphatic heterocycles. The third-order valence-corrected chi connectivity index (χ3v) is 3.10. The molecule has 0 bridgehead atoms. The molecule has 0 unspecified atom stereocenters. The Kier molecular flexibility index (Phi) is 4.51. The summed E-state index contributed by atoms with van der Waals surface area (Å²) in [5.74, 6) is 0.537. The number of nitrogens with one attached hydrogen (secondary N) is 1. The van der Waals surface area contributed by atoms with Gasteiger partial charge >= 0.3 is 0 Å². The van der Waals surface area contributed by atoms with Crippen molar-refractivity contribution < 1.29 is 9.66 Å². The van der Waals surface area contributed by atoms with Crippen molar-refractivity contribution in [2.24, 2.45) is 0 Å². The maximum atomic E-state index is 10.7. The van der Waals surface area contributed by atoms with E-state index < -0.39 is 4.92 Å². The first-order valence-corrected chi connectivity index (χ1v) is 6.42. The topological polar surface area (TPSA) is 103 Å². The molecule has 7 nitrogen and oxygen atoms in total. The molecule has 7 heteroatoms. The molecule has 1 fully saturated rings. The zero-order chi connectivity index (χ0) is 13.7. The second-order valence-electron chi connectivity index (χ2n) is 4.60. The summed E-state index contributed by atoms with van der Waals surface area (Å²) in [4.78, 5) is 14.2. The van der Waals surface area contributed by atoms with Crippen LogP contribution in [-0.4, -0.2) is 29.2 Å². The number of rotatable bonds is 6. The van der Waals surface area contributed by atoms with Crippen LogP contribution in [0, 0.1) is 10.1 Å². The maximum Gasteiger partial charge on any atom is 0.276 e. The van der Waals surface area contributed by atoms with Crippen LogP contribution in [0.5, 0.6) is 0 Å². The molecule has 1 aromatic heterocycles. The maximum absolute atomic E-state index is 10.7. The van der Waals surface area contributed by atoms with Gasteiger partial charge in [0.1, 0.15) is 11.6 Å². The van der Waals surface area contributed by atoms with Crippen LogP contribution in [0.2, 0.25) is 0 Å². The number of nitro groups is 1. The first-order chi connectivity index (χ1) is 9.15. The van der Waals surface area contributed by atoms with E-state index in [1.54, 1.807) is 0 Å². The van der Waals surface area contributed by atoms with Crippen LogP contribution >= 0.6 is 0 Å². The fourth-order valence-electron chi connectivity index (χ4n) is 2.19. The normalized spacial score (nSPS) is 15.6. The van der Waals surface area contributed by atoms with Crippen LogP contribution in [0.15, 0.2) is 12.1 Å². The Morgan fingerprint density at radius 2 is 2.21 bits per heavy atom. The first kappa shape index (κ1) is 13.5. The number of nitrogens with two attached hydrogens (primary N) is 1. The summed E-state index contributed by atoms with van der Waals surface area (Å²) in [6.07, 6.45) is 5.09. The van der Waals surface area contributed by atoms with E-state index in [-0.39, 0.29) is 11.5 Å². The van der Waals surface area contributed by atoms with Crippen molar-refractivity contribution in [3.8, 4) is 0 Å². The molecule has 0 atom stereocenters. The fourth-order valence-corrected chi connectivity index (χ4v) is 2.19. The van der Waals surface area contributed by atoms with E-state index in [9.17, 15) is 10.1 Å². The zero-order valence-electron chi connectivity index (χ0n) is 10.7. The van der Waals surface area contributed by atoms with E-state index in [4.69, 9.17) is 10.5 Å². The second kappa shape index (κ2) is 6.33. The summed E-state index contributed by atoms with van der Waals surface area (Å²) in [6.45, 7) is 1.12. The molecule has 1 aromatic rings. The Bertz CT molecular complexity index is 447. The summed E-state index contributed by atoms with van der Waals surface area (Å²) in [7, 11) is 0. The van der Waals surface area contributed by atoms with Crippen LogP contribution in [0.3, 0.4) is 0 Å². The van der Waals surface area contributed by atoms with Gasteiger partial charge in [0, 0.05) is 6.54 Å². The molecule has 0 radical (unpaired) electrons.